The van der Waals surface area contributed by atoms with E-state index in [2.05, 4.69) is 5.32 Å². The Kier molecular flexibility index (Phi) is 4.55. The minimum Gasteiger partial charge on any atom is -0.493 e. The number of hydrogen-bond donors (Lipinski definition) is 2. The summed E-state index contributed by atoms with van der Waals surface area (Å²) in [5, 5.41) is 3.50. The van der Waals surface area contributed by atoms with Gasteiger partial charge in [0.05, 0.1) is 12.5 Å². The number of nitrogens with two attached hydrogens (primary N) is 1. The average molecular weight is 297 g/mol. The van der Waals surface area contributed by atoms with Crippen LogP contribution in [0.5, 0.6) is 5.75 Å². The third-order valence-electron chi connectivity index (χ3n) is 3.73. The van der Waals surface area contributed by atoms with Gasteiger partial charge in [0.1, 0.15) is 5.75 Å². The molecule has 1 amide bonds. The lowest BCUT2D eigenvalue weighted by Crippen LogP contribution is -2.20. The summed E-state index contributed by atoms with van der Waals surface area (Å²) in [4.78, 5) is 12.0. The van der Waals surface area contributed by atoms with Gasteiger partial charge < -0.3 is 15.8 Å². The third kappa shape index (κ3) is 2.63. The Morgan fingerprint density at radius 2 is 2.30 bits per heavy atom. The van der Waals surface area contributed by atoms with Crippen molar-refractivity contribution in [3.8, 4) is 5.75 Å². The van der Waals surface area contributed by atoms with Gasteiger partial charge in [-0.1, -0.05) is 11.6 Å². The number of carbonyl (C=O) groups is 1. The van der Waals surface area contributed by atoms with Crippen molar-refractivity contribution in [1.82, 2.24) is 5.32 Å². The molecule has 1 aliphatic heterocycles. The van der Waals surface area contributed by atoms with Gasteiger partial charge in [-0.25, -0.2) is 0 Å². The Hall–Kier alpha value is -1.26. The molecule has 110 valence electrons. The van der Waals surface area contributed by atoms with Gasteiger partial charge in [0.25, 0.3) is 0 Å². The zero-order valence-corrected chi connectivity index (χ0v) is 12.9. The Labute approximate surface area is 124 Å². The van der Waals surface area contributed by atoms with Gasteiger partial charge in [-0.15, -0.1) is 0 Å². The van der Waals surface area contributed by atoms with Crippen molar-refractivity contribution in [2.24, 2.45) is 5.73 Å². The highest BCUT2D eigenvalue weighted by molar-refractivity contribution is 6.31. The molecule has 1 unspecified atom stereocenters. The summed E-state index contributed by atoms with van der Waals surface area (Å²) in [7, 11) is 0. The second-order valence-corrected chi connectivity index (χ2v) is 5.58. The molecule has 2 atom stereocenters. The predicted molar refractivity (Wildman–Crippen MR) is 80.3 cm³/mol. The first-order valence-electron chi connectivity index (χ1n) is 6.96. The lowest BCUT2D eigenvalue weighted by Gasteiger charge is -2.23. The van der Waals surface area contributed by atoms with Crippen molar-refractivity contribution in [3.05, 3.63) is 27.8 Å². The number of benzene rings is 1. The standard InChI is InChI=1S/C15H21ClN2O2/c1-4-20-14-11(9(3)17)7-12(16)8(2)13(14)10-5-6-18-15(10)19/h7,9-10H,4-6,17H2,1-3H3,(H,18,19)/t9-,10?/m0/s1. The van der Waals surface area contributed by atoms with Crippen LogP contribution in [0.2, 0.25) is 5.02 Å². The van der Waals surface area contributed by atoms with Crippen LogP contribution in [0.4, 0.5) is 0 Å². The van der Waals surface area contributed by atoms with E-state index in [1.54, 1.807) is 0 Å². The van der Waals surface area contributed by atoms with Gasteiger partial charge in [0.2, 0.25) is 5.91 Å². The first-order chi connectivity index (χ1) is 9.47. The van der Waals surface area contributed by atoms with Crippen LogP contribution in [-0.2, 0) is 4.79 Å². The molecule has 0 saturated carbocycles. The largest absolute Gasteiger partial charge is 0.493 e. The molecule has 2 rings (SSSR count). The fourth-order valence-electron chi connectivity index (χ4n) is 2.70. The highest BCUT2D eigenvalue weighted by Gasteiger charge is 2.32. The molecule has 0 bridgehead atoms. The van der Waals surface area contributed by atoms with Crippen molar-refractivity contribution in [1.29, 1.82) is 0 Å². The van der Waals surface area contributed by atoms with E-state index in [9.17, 15) is 4.79 Å². The Morgan fingerprint density at radius 3 is 2.80 bits per heavy atom. The second-order valence-electron chi connectivity index (χ2n) is 5.17. The third-order valence-corrected chi connectivity index (χ3v) is 4.12. The topological polar surface area (TPSA) is 64.3 Å². The summed E-state index contributed by atoms with van der Waals surface area (Å²) in [5.41, 5.74) is 8.68. The first kappa shape index (κ1) is 15.1. The monoisotopic (exact) mass is 296 g/mol. The molecule has 1 aromatic carbocycles. The summed E-state index contributed by atoms with van der Waals surface area (Å²) in [6.45, 7) is 6.96. The maximum absolute atomic E-state index is 12.0. The van der Waals surface area contributed by atoms with Crippen LogP contribution in [0, 0.1) is 6.92 Å². The van der Waals surface area contributed by atoms with Crippen LogP contribution >= 0.6 is 11.6 Å². The zero-order chi connectivity index (χ0) is 14.9. The molecular weight excluding hydrogens is 276 g/mol. The number of nitrogens with one attached hydrogen (secondary N) is 1. The second kappa shape index (κ2) is 6.02. The van der Waals surface area contributed by atoms with Gasteiger partial charge in [-0.2, -0.15) is 0 Å². The summed E-state index contributed by atoms with van der Waals surface area (Å²) in [6, 6.07) is 1.65. The molecule has 0 aromatic heterocycles. The number of halogens is 1. The molecule has 0 spiro atoms. The number of rotatable bonds is 4. The number of carbonyl (C=O) groups excluding carboxylic acids is 1. The van der Waals surface area contributed by atoms with Crippen molar-refractivity contribution in [2.45, 2.75) is 39.2 Å². The molecular formula is C15H21ClN2O2. The van der Waals surface area contributed by atoms with Crippen LogP contribution in [0.1, 0.15) is 48.9 Å². The molecule has 1 fully saturated rings. The van der Waals surface area contributed by atoms with Crippen LogP contribution in [-0.4, -0.2) is 19.1 Å². The Bertz CT molecular complexity index is 529. The number of amides is 1. The molecule has 1 aliphatic rings. The van der Waals surface area contributed by atoms with E-state index >= 15 is 0 Å². The highest BCUT2D eigenvalue weighted by Crippen LogP contribution is 2.41. The van der Waals surface area contributed by atoms with Crippen molar-refractivity contribution < 1.29 is 9.53 Å². The highest BCUT2D eigenvalue weighted by atomic mass is 35.5. The fourth-order valence-corrected chi connectivity index (χ4v) is 2.92. The van der Waals surface area contributed by atoms with Gasteiger partial charge in [0, 0.05) is 28.7 Å². The molecule has 1 aromatic rings. The first-order valence-corrected chi connectivity index (χ1v) is 7.34. The smallest absolute Gasteiger partial charge is 0.227 e. The molecule has 3 N–H and O–H groups in total. The molecule has 1 heterocycles. The maximum atomic E-state index is 12.0. The van der Waals surface area contributed by atoms with E-state index in [4.69, 9.17) is 22.1 Å². The van der Waals surface area contributed by atoms with Crippen LogP contribution < -0.4 is 15.8 Å². The van der Waals surface area contributed by atoms with Crippen molar-refractivity contribution >= 4 is 17.5 Å². The van der Waals surface area contributed by atoms with E-state index in [1.165, 1.54) is 0 Å². The zero-order valence-electron chi connectivity index (χ0n) is 12.1. The van der Waals surface area contributed by atoms with E-state index in [-0.39, 0.29) is 17.9 Å². The molecule has 0 radical (unpaired) electrons. The fraction of sp³-hybridized carbons (Fsp3) is 0.533. The van der Waals surface area contributed by atoms with Gasteiger partial charge in [-0.05, 0) is 38.8 Å². The number of ether oxygens (including phenoxy) is 1. The quantitative estimate of drug-likeness (QED) is 0.898. The average Bonchev–Trinajstić information content (AvgIpc) is 2.80. The van der Waals surface area contributed by atoms with Crippen LogP contribution in [0.15, 0.2) is 6.07 Å². The minimum absolute atomic E-state index is 0.0342. The Morgan fingerprint density at radius 1 is 1.60 bits per heavy atom. The van der Waals surface area contributed by atoms with Gasteiger partial charge in [0.15, 0.2) is 0 Å². The number of hydrogen-bond acceptors (Lipinski definition) is 3. The maximum Gasteiger partial charge on any atom is 0.227 e. The summed E-state index contributed by atoms with van der Waals surface area (Å²) in [6.07, 6.45) is 0.762. The van der Waals surface area contributed by atoms with Gasteiger partial charge in [-0.3, -0.25) is 4.79 Å². The van der Waals surface area contributed by atoms with E-state index in [0.29, 0.717) is 18.2 Å². The van der Waals surface area contributed by atoms with E-state index < -0.39 is 0 Å². The molecule has 1 saturated heterocycles. The lowest BCUT2D eigenvalue weighted by molar-refractivity contribution is -0.120. The Balaban J connectivity index is 2.65. The predicted octanol–water partition coefficient (Wildman–Crippen LogP) is 2.67. The summed E-state index contributed by atoms with van der Waals surface area (Å²) >= 11 is 6.32. The van der Waals surface area contributed by atoms with Gasteiger partial charge >= 0.3 is 0 Å². The van der Waals surface area contributed by atoms with Crippen LogP contribution in [0.3, 0.4) is 0 Å². The molecule has 4 nitrogen and oxygen atoms in total. The molecule has 20 heavy (non-hydrogen) atoms. The lowest BCUT2D eigenvalue weighted by atomic mass is 9.89. The van der Waals surface area contributed by atoms with E-state index in [1.807, 2.05) is 26.8 Å². The molecule has 0 aliphatic carbocycles. The van der Waals surface area contributed by atoms with E-state index in [0.717, 1.165) is 28.9 Å². The van der Waals surface area contributed by atoms with Crippen molar-refractivity contribution in [2.75, 3.05) is 13.2 Å². The minimum atomic E-state index is -0.201. The van der Waals surface area contributed by atoms with Crippen LogP contribution in [0.25, 0.3) is 0 Å². The summed E-state index contributed by atoms with van der Waals surface area (Å²) < 4.78 is 5.81. The summed E-state index contributed by atoms with van der Waals surface area (Å²) in [5.74, 6) is 0.561. The van der Waals surface area contributed by atoms with Crippen molar-refractivity contribution in [3.63, 3.8) is 0 Å². The SMILES string of the molecule is CCOc1c([C@H](C)N)cc(Cl)c(C)c1C1CCNC1=O. The molecule has 5 heteroatoms. The normalized spacial score (nSPS) is 19.9.